The first-order valence-corrected chi connectivity index (χ1v) is 8.29. The van der Waals surface area contributed by atoms with Crippen molar-refractivity contribution in [2.75, 3.05) is 6.61 Å². The van der Waals surface area contributed by atoms with Crippen LogP contribution in [0.1, 0.15) is 42.9 Å². The number of nitrogens with zero attached hydrogens (tertiary/aromatic N) is 1. The molecule has 1 aliphatic rings. The Morgan fingerprint density at radius 3 is 2.38 bits per heavy atom. The maximum absolute atomic E-state index is 12.8. The van der Waals surface area contributed by atoms with Crippen LogP contribution in [0.3, 0.4) is 0 Å². The van der Waals surface area contributed by atoms with Gasteiger partial charge in [-0.3, -0.25) is 4.79 Å². The minimum Gasteiger partial charge on any atom is -0.446 e. The lowest BCUT2D eigenvalue weighted by molar-refractivity contribution is -0.129. The molecule has 0 aromatic heterocycles. The van der Waals surface area contributed by atoms with Crippen molar-refractivity contribution in [3.8, 4) is 0 Å². The molecule has 4 heteroatoms. The number of carbonyl (C=O) groups is 2. The standard InChI is InChI=1S/C20H21NO3/c1-2-15(16-9-5-3-6-10-16)13-19(22)21-18(14-24-20(21)23)17-11-7-4-8-12-17/h3-12,15,18H,2,13-14H2,1H3/t15-,18-/m1/s1. The average molecular weight is 323 g/mol. The van der Waals surface area contributed by atoms with Gasteiger partial charge in [-0.15, -0.1) is 0 Å². The first-order valence-electron chi connectivity index (χ1n) is 8.29. The molecule has 0 N–H and O–H groups in total. The molecule has 0 bridgehead atoms. The maximum Gasteiger partial charge on any atom is 0.417 e. The van der Waals surface area contributed by atoms with Crippen molar-refractivity contribution in [1.29, 1.82) is 0 Å². The van der Waals surface area contributed by atoms with Gasteiger partial charge >= 0.3 is 6.09 Å². The highest BCUT2D eigenvalue weighted by Crippen LogP contribution is 2.31. The van der Waals surface area contributed by atoms with E-state index >= 15 is 0 Å². The van der Waals surface area contributed by atoms with Gasteiger partial charge in [-0.25, -0.2) is 9.69 Å². The number of hydrogen-bond donors (Lipinski definition) is 0. The number of benzene rings is 2. The van der Waals surface area contributed by atoms with Gasteiger partial charge in [0.25, 0.3) is 0 Å². The first-order chi connectivity index (χ1) is 11.7. The summed E-state index contributed by atoms with van der Waals surface area (Å²) in [6.45, 7) is 2.28. The Bertz CT molecular complexity index is 699. The second-order valence-corrected chi connectivity index (χ2v) is 5.99. The molecule has 2 atom stereocenters. The summed E-state index contributed by atoms with van der Waals surface area (Å²) in [5.74, 6) is -0.0782. The van der Waals surface area contributed by atoms with E-state index in [1.54, 1.807) is 0 Å². The lowest BCUT2D eigenvalue weighted by Crippen LogP contribution is -2.35. The molecule has 124 valence electrons. The highest BCUT2D eigenvalue weighted by Gasteiger charge is 2.39. The molecular formula is C20H21NO3. The zero-order valence-corrected chi connectivity index (χ0v) is 13.7. The molecule has 1 heterocycles. The molecule has 1 fully saturated rings. The summed E-state index contributed by atoms with van der Waals surface area (Å²) in [6.07, 6.45) is 0.602. The Hall–Kier alpha value is -2.62. The molecule has 1 aliphatic heterocycles. The lowest BCUT2D eigenvalue weighted by atomic mass is 9.92. The van der Waals surface area contributed by atoms with Crippen LogP contribution >= 0.6 is 0 Å². The van der Waals surface area contributed by atoms with Crippen LogP contribution < -0.4 is 0 Å². The predicted octanol–water partition coefficient (Wildman–Crippen LogP) is 4.29. The van der Waals surface area contributed by atoms with E-state index in [0.717, 1.165) is 17.5 Å². The second kappa shape index (κ2) is 7.30. The Balaban J connectivity index is 1.78. The van der Waals surface area contributed by atoms with E-state index in [4.69, 9.17) is 4.74 Å². The van der Waals surface area contributed by atoms with E-state index in [1.807, 2.05) is 60.7 Å². The smallest absolute Gasteiger partial charge is 0.417 e. The molecular weight excluding hydrogens is 302 g/mol. The zero-order chi connectivity index (χ0) is 16.9. The summed E-state index contributed by atoms with van der Waals surface area (Å²) in [7, 11) is 0. The fourth-order valence-corrected chi connectivity index (χ4v) is 3.15. The van der Waals surface area contributed by atoms with Crippen LogP contribution in [-0.2, 0) is 9.53 Å². The number of rotatable bonds is 5. The third-order valence-corrected chi connectivity index (χ3v) is 4.51. The zero-order valence-electron chi connectivity index (χ0n) is 13.7. The summed E-state index contributed by atoms with van der Waals surface area (Å²) >= 11 is 0. The molecule has 2 amide bonds. The van der Waals surface area contributed by atoms with Crippen molar-refractivity contribution in [3.63, 3.8) is 0 Å². The summed E-state index contributed by atoms with van der Waals surface area (Å²) in [5, 5.41) is 0. The molecule has 0 radical (unpaired) electrons. The summed E-state index contributed by atoms with van der Waals surface area (Å²) < 4.78 is 5.14. The van der Waals surface area contributed by atoms with Crippen molar-refractivity contribution >= 4 is 12.0 Å². The predicted molar refractivity (Wildman–Crippen MR) is 91.5 cm³/mol. The van der Waals surface area contributed by atoms with Gasteiger partial charge in [-0.2, -0.15) is 0 Å². The van der Waals surface area contributed by atoms with Crippen LogP contribution in [0.2, 0.25) is 0 Å². The Kier molecular flexibility index (Phi) is 4.94. The number of ether oxygens (including phenoxy) is 1. The van der Waals surface area contributed by atoms with Crippen LogP contribution in [0.4, 0.5) is 4.79 Å². The van der Waals surface area contributed by atoms with E-state index in [2.05, 4.69) is 6.92 Å². The highest BCUT2D eigenvalue weighted by molar-refractivity contribution is 5.94. The number of amides is 2. The van der Waals surface area contributed by atoms with Gasteiger partial charge in [0.15, 0.2) is 0 Å². The van der Waals surface area contributed by atoms with Crippen LogP contribution in [0.15, 0.2) is 60.7 Å². The van der Waals surface area contributed by atoms with Gasteiger partial charge in [0.2, 0.25) is 5.91 Å². The lowest BCUT2D eigenvalue weighted by Gasteiger charge is -2.22. The van der Waals surface area contributed by atoms with Crippen LogP contribution in [0.25, 0.3) is 0 Å². The Morgan fingerprint density at radius 2 is 1.75 bits per heavy atom. The Labute approximate surface area is 142 Å². The maximum atomic E-state index is 12.8. The molecule has 0 unspecified atom stereocenters. The molecule has 0 spiro atoms. The average Bonchev–Trinajstić information content (AvgIpc) is 3.02. The second-order valence-electron chi connectivity index (χ2n) is 5.99. The van der Waals surface area contributed by atoms with Crippen molar-refractivity contribution in [2.24, 2.45) is 0 Å². The fraction of sp³-hybridized carbons (Fsp3) is 0.300. The third-order valence-electron chi connectivity index (χ3n) is 4.51. The number of hydrogen-bond acceptors (Lipinski definition) is 3. The van der Waals surface area contributed by atoms with Gasteiger partial charge in [-0.1, -0.05) is 67.6 Å². The first kappa shape index (κ1) is 16.2. The van der Waals surface area contributed by atoms with Crippen LogP contribution in [-0.4, -0.2) is 23.5 Å². The molecule has 24 heavy (non-hydrogen) atoms. The van der Waals surface area contributed by atoms with Gasteiger partial charge < -0.3 is 4.74 Å². The van der Waals surface area contributed by atoms with Gasteiger partial charge in [-0.05, 0) is 23.5 Å². The van der Waals surface area contributed by atoms with Crippen molar-refractivity contribution in [1.82, 2.24) is 4.90 Å². The van der Waals surface area contributed by atoms with Gasteiger partial charge in [0, 0.05) is 6.42 Å². The largest absolute Gasteiger partial charge is 0.446 e. The molecule has 1 saturated heterocycles. The van der Waals surface area contributed by atoms with E-state index < -0.39 is 6.09 Å². The summed E-state index contributed by atoms with van der Waals surface area (Å²) in [4.78, 5) is 26.2. The molecule has 3 rings (SSSR count). The van der Waals surface area contributed by atoms with Crippen LogP contribution in [0, 0.1) is 0 Å². The topological polar surface area (TPSA) is 46.6 Å². The van der Waals surface area contributed by atoms with Gasteiger partial charge in [0.05, 0.1) is 0 Å². The van der Waals surface area contributed by atoms with Crippen molar-refractivity contribution in [2.45, 2.75) is 31.7 Å². The molecule has 4 nitrogen and oxygen atoms in total. The monoisotopic (exact) mass is 323 g/mol. The molecule has 2 aromatic rings. The molecule has 2 aromatic carbocycles. The van der Waals surface area contributed by atoms with Crippen molar-refractivity contribution < 1.29 is 14.3 Å². The summed E-state index contributed by atoms with van der Waals surface area (Å²) in [5.41, 5.74) is 2.04. The molecule has 0 aliphatic carbocycles. The third kappa shape index (κ3) is 3.32. The normalized spacial score (nSPS) is 18.3. The highest BCUT2D eigenvalue weighted by atomic mass is 16.6. The van der Waals surface area contributed by atoms with E-state index in [1.165, 1.54) is 4.90 Å². The summed E-state index contributed by atoms with van der Waals surface area (Å²) in [6, 6.07) is 19.2. The van der Waals surface area contributed by atoms with Gasteiger partial charge in [0.1, 0.15) is 12.6 Å². The van der Waals surface area contributed by atoms with E-state index in [-0.39, 0.29) is 24.5 Å². The SMILES string of the molecule is CC[C@H](CC(=O)N1C(=O)OC[C@@H]1c1ccccc1)c1ccccc1. The fourth-order valence-electron chi connectivity index (χ4n) is 3.15. The molecule has 0 saturated carbocycles. The Morgan fingerprint density at radius 1 is 1.12 bits per heavy atom. The minimum absolute atomic E-state index is 0.100. The van der Waals surface area contributed by atoms with Crippen LogP contribution in [0.5, 0.6) is 0 Å². The van der Waals surface area contributed by atoms with Crippen molar-refractivity contribution in [3.05, 3.63) is 71.8 Å². The minimum atomic E-state index is -0.545. The van der Waals surface area contributed by atoms with E-state index in [9.17, 15) is 9.59 Å². The van der Waals surface area contributed by atoms with E-state index in [0.29, 0.717) is 6.42 Å². The number of cyclic esters (lactones) is 1. The number of carbonyl (C=O) groups excluding carboxylic acids is 2. The quantitative estimate of drug-likeness (QED) is 0.824. The number of imide groups is 1.